The molecule has 1 saturated heterocycles. The van der Waals surface area contributed by atoms with Gasteiger partial charge < -0.3 is 4.74 Å². The highest BCUT2D eigenvalue weighted by atomic mass is 16.5. The first kappa shape index (κ1) is 15.3. The zero-order chi connectivity index (χ0) is 17.5. The third-order valence-electron chi connectivity index (χ3n) is 5.12. The average Bonchev–Trinajstić information content (AvgIpc) is 3.01. The summed E-state index contributed by atoms with van der Waals surface area (Å²) in [7, 11) is 0. The van der Waals surface area contributed by atoms with Gasteiger partial charge in [0.2, 0.25) is 0 Å². The average molecular weight is 342 g/mol. The molecular formula is C22H18N2O2. The summed E-state index contributed by atoms with van der Waals surface area (Å²) in [6.45, 7) is 1.41. The molecule has 0 N–H and O–H groups in total. The van der Waals surface area contributed by atoms with Crippen LogP contribution in [0.3, 0.4) is 0 Å². The highest BCUT2D eigenvalue weighted by molar-refractivity contribution is 6.24. The molecular weight excluding hydrogens is 324 g/mol. The molecule has 3 heterocycles. The Bertz CT molecular complexity index is 1040. The zero-order valence-electron chi connectivity index (χ0n) is 14.3. The predicted octanol–water partition coefficient (Wildman–Crippen LogP) is 4.42. The Morgan fingerprint density at radius 1 is 0.885 bits per heavy atom. The molecule has 1 fully saturated rings. The van der Waals surface area contributed by atoms with Crippen LogP contribution in [0, 0.1) is 0 Å². The van der Waals surface area contributed by atoms with Crippen LogP contribution < -0.4 is 4.90 Å². The molecule has 0 unspecified atom stereocenters. The van der Waals surface area contributed by atoms with Gasteiger partial charge in [-0.3, -0.25) is 14.7 Å². The van der Waals surface area contributed by atoms with Crippen LogP contribution in [0.1, 0.15) is 28.8 Å². The number of carbonyl (C=O) groups excluding carboxylic acids is 1. The molecule has 2 aromatic carbocycles. The van der Waals surface area contributed by atoms with Crippen molar-refractivity contribution in [2.75, 3.05) is 18.1 Å². The van der Waals surface area contributed by atoms with Crippen molar-refractivity contribution in [3.05, 3.63) is 77.5 Å². The van der Waals surface area contributed by atoms with E-state index in [4.69, 9.17) is 4.74 Å². The lowest BCUT2D eigenvalue weighted by atomic mass is 9.99. The number of amides is 1. The van der Waals surface area contributed by atoms with Crippen LogP contribution in [0.15, 0.2) is 66.4 Å². The minimum atomic E-state index is 0.0211. The van der Waals surface area contributed by atoms with Gasteiger partial charge in [-0.05, 0) is 36.6 Å². The third kappa shape index (κ3) is 2.26. The smallest absolute Gasteiger partial charge is 0.263 e. The summed E-state index contributed by atoms with van der Waals surface area (Å²) in [5.41, 5.74) is 5.77. The molecule has 3 aromatic rings. The molecule has 5 rings (SSSR count). The molecule has 1 amide bonds. The molecule has 2 aliphatic rings. The quantitative estimate of drug-likeness (QED) is 0.657. The molecule has 0 atom stereocenters. The Kier molecular flexibility index (Phi) is 3.57. The fourth-order valence-electron chi connectivity index (χ4n) is 3.92. The Balaban J connectivity index is 1.78. The number of carbonyl (C=O) groups is 1. The topological polar surface area (TPSA) is 42.4 Å². The molecule has 0 saturated carbocycles. The summed E-state index contributed by atoms with van der Waals surface area (Å²) >= 11 is 0. The van der Waals surface area contributed by atoms with Crippen LogP contribution in [0.5, 0.6) is 0 Å². The van der Waals surface area contributed by atoms with Gasteiger partial charge in [-0.2, -0.15) is 0 Å². The van der Waals surface area contributed by atoms with Gasteiger partial charge in [-0.15, -0.1) is 0 Å². The second-order valence-corrected chi connectivity index (χ2v) is 6.60. The van der Waals surface area contributed by atoms with Crippen LogP contribution in [0.2, 0.25) is 0 Å². The number of para-hydroxylation sites is 1. The van der Waals surface area contributed by atoms with Crippen molar-refractivity contribution in [2.45, 2.75) is 12.8 Å². The minimum Gasteiger partial charge on any atom is -0.381 e. The largest absolute Gasteiger partial charge is 0.381 e. The van der Waals surface area contributed by atoms with Crippen LogP contribution in [-0.4, -0.2) is 24.1 Å². The van der Waals surface area contributed by atoms with E-state index in [1.807, 2.05) is 59.5 Å². The fraction of sp³-hybridized carbons (Fsp3) is 0.182. The number of aromatic nitrogens is 1. The summed E-state index contributed by atoms with van der Waals surface area (Å²) in [5.74, 6) is 0.0211. The number of nitrogens with zero attached hydrogens (tertiary/aromatic N) is 2. The Morgan fingerprint density at radius 2 is 1.65 bits per heavy atom. The molecule has 0 bridgehead atoms. The summed E-state index contributed by atoms with van der Waals surface area (Å²) in [5, 5.41) is 1.03. The van der Waals surface area contributed by atoms with E-state index in [-0.39, 0.29) is 5.91 Å². The number of anilines is 1. The van der Waals surface area contributed by atoms with Gasteiger partial charge in [0.25, 0.3) is 5.91 Å². The first-order valence-electron chi connectivity index (χ1n) is 8.92. The maximum atomic E-state index is 13.3. The van der Waals surface area contributed by atoms with E-state index in [9.17, 15) is 4.79 Å². The molecule has 0 spiro atoms. The number of rotatable bonds is 1. The number of hydrogen-bond donors (Lipinski definition) is 0. The number of pyridine rings is 1. The maximum Gasteiger partial charge on any atom is 0.263 e. The fourth-order valence-corrected chi connectivity index (χ4v) is 3.92. The second-order valence-electron chi connectivity index (χ2n) is 6.60. The van der Waals surface area contributed by atoms with E-state index < -0.39 is 0 Å². The van der Waals surface area contributed by atoms with Gasteiger partial charge in [0.05, 0.1) is 30.1 Å². The van der Waals surface area contributed by atoms with E-state index in [0.29, 0.717) is 13.2 Å². The minimum absolute atomic E-state index is 0.0211. The lowest BCUT2D eigenvalue weighted by Gasteiger charge is -2.25. The standard InChI is InChI=1S/C22H18N2O2/c25-22-18-8-2-1-7-17(18)21(16-10-13-26-14-11-16)24(22)19-9-3-5-15-6-4-12-23-20(15)19/h1-9,12H,10-11,13-14H2. The first-order chi connectivity index (χ1) is 12.8. The number of fused-ring (bicyclic) bond motifs is 2. The van der Waals surface area contributed by atoms with Gasteiger partial charge in [-0.25, -0.2) is 0 Å². The summed E-state index contributed by atoms with van der Waals surface area (Å²) in [4.78, 5) is 19.7. The van der Waals surface area contributed by atoms with Crippen LogP contribution >= 0.6 is 0 Å². The van der Waals surface area contributed by atoms with Crippen molar-refractivity contribution in [1.29, 1.82) is 0 Å². The van der Waals surface area contributed by atoms with Crippen molar-refractivity contribution in [3.63, 3.8) is 0 Å². The third-order valence-corrected chi connectivity index (χ3v) is 5.12. The first-order valence-corrected chi connectivity index (χ1v) is 8.92. The molecule has 4 heteroatoms. The molecule has 1 aromatic heterocycles. The van der Waals surface area contributed by atoms with E-state index >= 15 is 0 Å². The molecule has 26 heavy (non-hydrogen) atoms. The second kappa shape index (κ2) is 6.07. The monoisotopic (exact) mass is 342 g/mol. The Labute approximate surface area is 151 Å². The summed E-state index contributed by atoms with van der Waals surface area (Å²) in [6, 6.07) is 17.8. The number of hydrogen-bond acceptors (Lipinski definition) is 3. The number of benzene rings is 2. The van der Waals surface area contributed by atoms with Crippen molar-refractivity contribution < 1.29 is 9.53 Å². The van der Waals surface area contributed by atoms with Crippen LogP contribution in [0.4, 0.5) is 5.69 Å². The van der Waals surface area contributed by atoms with Gasteiger partial charge in [-0.1, -0.05) is 36.4 Å². The van der Waals surface area contributed by atoms with Crippen LogP contribution in [-0.2, 0) is 4.74 Å². The van der Waals surface area contributed by atoms with E-state index in [1.54, 1.807) is 6.20 Å². The van der Waals surface area contributed by atoms with Crippen LogP contribution in [0.25, 0.3) is 16.6 Å². The predicted molar refractivity (Wildman–Crippen MR) is 102 cm³/mol. The number of ether oxygens (including phenoxy) is 1. The Morgan fingerprint density at radius 3 is 2.50 bits per heavy atom. The van der Waals surface area contributed by atoms with E-state index in [1.165, 1.54) is 5.57 Å². The maximum absolute atomic E-state index is 13.3. The van der Waals surface area contributed by atoms with Gasteiger partial charge in [0.15, 0.2) is 0 Å². The van der Waals surface area contributed by atoms with Gasteiger partial charge >= 0.3 is 0 Å². The SMILES string of the molecule is O=C1c2ccccc2C(=C2CCOCC2)N1c1cccc2cccnc12. The molecule has 2 aliphatic heterocycles. The highest BCUT2D eigenvalue weighted by Gasteiger charge is 2.36. The van der Waals surface area contributed by atoms with E-state index in [0.717, 1.165) is 46.3 Å². The van der Waals surface area contributed by atoms with E-state index in [2.05, 4.69) is 4.98 Å². The van der Waals surface area contributed by atoms with Gasteiger partial charge in [0, 0.05) is 22.7 Å². The molecule has 128 valence electrons. The van der Waals surface area contributed by atoms with Crippen molar-refractivity contribution >= 4 is 28.2 Å². The molecule has 0 aliphatic carbocycles. The van der Waals surface area contributed by atoms with Gasteiger partial charge in [0.1, 0.15) is 0 Å². The summed E-state index contributed by atoms with van der Waals surface area (Å²) < 4.78 is 5.54. The lowest BCUT2D eigenvalue weighted by Crippen LogP contribution is -2.25. The lowest BCUT2D eigenvalue weighted by molar-refractivity contribution is 0.100. The normalized spacial score (nSPS) is 17.1. The van der Waals surface area contributed by atoms with Crippen molar-refractivity contribution in [3.8, 4) is 0 Å². The highest BCUT2D eigenvalue weighted by Crippen LogP contribution is 2.42. The summed E-state index contributed by atoms with van der Waals surface area (Å²) in [6.07, 6.45) is 3.48. The van der Waals surface area contributed by atoms with Crippen molar-refractivity contribution in [1.82, 2.24) is 4.98 Å². The van der Waals surface area contributed by atoms with Crippen molar-refractivity contribution in [2.24, 2.45) is 0 Å². The molecule has 4 nitrogen and oxygen atoms in total. The zero-order valence-corrected chi connectivity index (χ0v) is 14.3. The molecule has 0 radical (unpaired) electrons. The Hall–Kier alpha value is -2.98.